The van der Waals surface area contributed by atoms with Crippen molar-refractivity contribution in [3.05, 3.63) is 64.7 Å². The number of anilines is 2. The van der Waals surface area contributed by atoms with Crippen LogP contribution in [-0.4, -0.2) is 51.7 Å². The number of hydrogen-bond donors (Lipinski definition) is 2. The molecule has 0 unspecified atom stereocenters. The van der Waals surface area contributed by atoms with Crippen LogP contribution in [0, 0.1) is 12.7 Å². The van der Waals surface area contributed by atoms with Crippen molar-refractivity contribution in [1.29, 1.82) is 0 Å². The van der Waals surface area contributed by atoms with Gasteiger partial charge in [-0.05, 0) is 43.7 Å². The second kappa shape index (κ2) is 9.18. The van der Waals surface area contributed by atoms with Gasteiger partial charge in [0.2, 0.25) is 5.95 Å². The van der Waals surface area contributed by atoms with Crippen LogP contribution in [0.15, 0.2) is 36.5 Å². The summed E-state index contributed by atoms with van der Waals surface area (Å²) in [6.07, 6.45) is -3.69. The van der Waals surface area contributed by atoms with E-state index in [4.69, 9.17) is 9.72 Å². The van der Waals surface area contributed by atoms with Crippen LogP contribution < -0.4 is 10.2 Å². The number of fused-ring (bicyclic) bond motifs is 3. The smallest absolute Gasteiger partial charge is 0.434 e. The van der Waals surface area contributed by atoms with Gasteiger partial charge in [-0.15, -0.1) is 0 Å². The number of ether oxygens (including phenoxy) is 1. The first-order valence-electron chi connectivity index (χ1n) is 11.6. The van der Waals surface area contributed by atoms with Crippen molar-refractivity contribution in [3.63, 3.8) is 0 Å². The fourth-order valence-corrected chi connectivity index (χ4v) is 4.56. The molecule has 0 aliphatic carbocycles. The Labute approximate surface area is 208 Å². The van der Waals surface area contributed by atoms with Crippen LogP contribution in [0.2, 0.25) is 0 Å². The number of halogens is 4. The molecule has 1 fully saturated rings. The summed E-state index contributed by atoms with van der Waals surface area (Å²) in [6.45, 7) is 5.28. The number of rotatable bonds is 5. The predicted octanol–water partition coefficient (Wildman–Crippen LogP) is 5.06. The highest BCUT2D eigenvalue weighted by Gasteiger charge is 2.35. The Balaban J connectivity index is 1.71. The van der Waals surface area contributed by atoms with E-state index in [9.17, 15) is 27.5 Å². The van der Waals surface area contributed by atoms with Crippen molar-refractivity contribution in [2.45, 2.75) is 26.1 Å². The number of aromatic nitrogens is 3. The molecule has 5 rings (SSSR count). The molecule has 1 aliphatic heterocycles. The number of carbonyl (C=O) groups is 1. The van der Waals surface area contributed by atoms with Crippen molar-refractivity contribution in [2.75, 3.05) is 36.5 Å². The lowest BCUT2D eigenvalue weighted by Gasteiger charge is -2.29. The van der Waals surface area contributed by atoms with Crippen molar-refractivity contribution in [2.24, 2.45) is 0 Å². The van der Waals surface area contributed by atoms with Crippen molar-refractivity contribution < 1.29 is 32.2 Å². The highest BCUT2D eigenvalue weighted by atomic mass is 19.4. The van der Waals surface area contributed by atoms with Gasteiger partial charge in [-0.3, -0.25) is 4.40 Å². The molecule has 2 N–H and O–H groups in total. The zero-order chi connectivity index (χ0) is 26.5. The van der Waals surface area contributed by atoms with Crippen LogP contribution in [0.3, 0.4) is 0 Å². The van der Waals surface area contributed by atoms with E-state index in [1.807, 2.05) is 11.0 Å². The maximum Gasteiger partial charge on any atom is 0.434 e. The third-order valence-electron chi connectivity index (χ3n) is 6.29. The van der Waals surface area contributed by atoms with Crippen molar-refractivity contribution in [3.8, 4) is 0 Å². The third-order valence-corrected chi connectivity index (χ3v) is 6.29. The number of aromatic carboxylic acids is 1. The van der Waals surface area contributed by atoms with Crippen molar-refractivity contribution >= 4 is 34.2 Å². The normalized spacial score (nSPS) is 15.4. The van der Waals surface area contributed by atoms with Crippen LogP contribution in [-0.2, 0) is 10.9 Å². The van der Waals surface area contributed by atoms with Gasteiger partial charge in [0.25, 0.3) is 0 Å². The van der Waals surface area contributed by atoms with Crippen molar-refractivity contribution in [1.82, 2.24) is 14.4 Å². The van der Waals surface area contributed by atoms with Crippen LogP contribution >= 0.6 is 0 Å². The minimum atomic E-state index is -4.64. The summed E-state index contributed by atoms with van der Waals surface area (Å²) in [4.78, 5) is 22.3. The molecule has 1 atom stereocenters. The van der Waals surface area contributed by atoms with Gasteiger partial charge in [0.05, 0.1) is 30.3 Å². The molecule has 1 aliphatic rings. The highest BCUT2D eigenvalue weighted by Crippen LogP contribution is 2.35. The van der Waals surface area contributed by atoms with Gasteiger partial charge in [0.1, 0.15) is 11.5 Å². The number of benzene rings is 2. The maximum absolute atomic E-state index is 13.7. The molecular formula is C25H23F4N5O3. The summed E-state index contributed by atoms with van der Waals surface area (Å²) in [5, 5.41) is 13.0. The Morgan fingerprint density at radius 1 is 1.16 bits per heavy atom. The first kappa shape index (κ1) is 24.8. The van der Waals surface area contributed by atoms with Crippen LogP contribution in [0.1, 0.15) is 40.1 Å². The van der Waals surface area contributed by atoms with E-state index < -0.39 is 29.7 Å². The Kier molecular flexibility index (Phi) is 6.14. The van der Waals surface area contributed by atoms with Gasteiger partial charge in [0, 0.05) is 35.9 Å². The quantitative estimate of drug-likeness (QED) is 0.358. The molecule has 0 saturated carbocycles. The van der Waals surface area contributed by atoms with E-state index >= 15 is 0 Å². The first-order chi connectivity index (χ1) is 17.5. The number of imidazole rings is 1. The number of carboxylic acid groups (broad SMARTS) is 1. The monoisotopic (exact) mass is 517 g/mol. The molecule has 2 aromatic heterocycles. The zero-order valence-corrected chi connectivity index (χ0v) is 19.9. The molecule has 37 heavy (non-hydrogen) atoms. The molecule has 0 radical (unpaired) electrons. The summed E-state index contributed by atoms with van der Waals surface area (Å²) in [6, 6.07) is 6.44. The number of nitrogens with zero attached hydrogens (tertiary/aromatic N) is 4. The number of morpholine rings is 1. The number of hydrogen-bond acceptors (Lipinski definition) is 6. The summed E-state index contributed by atoms with van der Waals surface area (Å²) >= 11 is 0. The number of carboxylic acids is 1. The second-order valence-corrected chi connectivity index (χ2v) is 8.94. The molecule has 2 aromatic carbocycles. The van der Waals surface area contributed by atoms with E-state index in [-0.39, 0.29) is 16.9 Å². The Hall–Kier alpha value is -3.93. The summed E-state index contributed by atoms with van der Waals surface area (Å²) < 4.78 is 61.4. The fourth-order valence-electron chi connectivity index (χ4n) is 4.56. The van der Waals surface area contributed by atoms with E-state index in [2.05, 4.69) is 10.3 Å². The molecule has 0 spiro atoms. The zero-order valence-electron chi connectivity index (χ0n) is 19.9. The molecule has 12 heteroatoms. The van der Waals surface area contributed by atoms with Crippen LogP contribution in [0.4, 0.5) is 29.2 Å². The molecule has 0 amide bonds. The topological polar surface area (TPSA) is 92.0 Å². The standard InChI is InChI=1S/C25H23F4N5O3/c1-13-9-16(14(2)30-19-4-3-15(26)11-17(19)23(35)36)21-18(10-13)22-31-20(25(27,28)29)12-34(22)24(32-21)33-5-7-37-8-6-33/h3-4,9-12,14,30H,5-8H2,1-2H3,(H,35,36)/t14-/m1/s1. The molecule has 3 heterocycles. The largest absolute Gasteiger partial charge is 0.478 e. The summed E-state index contributed by atoms with van der Waals surface area (Å²) in [5.74, 6) is -1.68. The number of alkyl halides is 3. The van der Waals surface area contributed by atoms with E-state index in [0.717, 1.165) is 23.9 Å². The Morgan fingerprint density at radius 2 is 1.89 bits per heavy atom. The number of aryl methyl sites for hydroxylation is 1. The van der Waals surface area contributed by atoms with Gasteiger partial charge in [-0.25, -0.2) is 19.2 Å². The molecule has 194 valence electrons. The van der Waals surface area contributed by atoms with Gasteiger partial charge < -0.3 is 20.1 Å². The Bertz CT molecular complexity index is 1510. The van der Waals surface area contributed by atoms with Crippen LogP contribution in [0.25, 0.3) is 16.6 Å². The Morgan fingerprint density at radius 3 is 2.57 bits per heavy atom. The molecular weight excluding hydrogens is 494 g/mol. The number of nitrogens with one attached hydrogen (secondary N) is 1. The minimum Gasteiger partial charge on any atom is -0.478 e. The summed E-state index contributed by atoms with van der Waals surface area (Å²) in [5.41, 5.74) is 0.865. The molecule has 4 aromatic rings. The fraction of sp³-hybridized carbons (Fsp3) is 0.320. The first-order valence-corrected chi connectivity index (χ1v) is 11.6. The van der Waals surface area contributed by atoms with Gasteiger partial charge >= 0.3 is 12.1 Å². The average molecular weight is 517 g/mol. The SMILES string of the molecule is Cc1cc([C@@H](C)Nc2ccc(F)cc2C(=O)O)c2nc(N3CCOCC3)n3cc(C(F)(F)F)nc3c2c1. The molecule has 8 nitrogen and oxygen atoms in total. The lowest BCUT2D eigenvalue weighted by atomic mass is 10.0. The minimum absolute atomic E-state index is 0.115. The third kappa shape index (κ3) is 4.64. The van der Waals surface area contributed by atoms with E-state index in [1.165, 1.54) is 10.5 Å². The van der Waals surface area contributed by atoms with Crippen LogP contribution in [0.5, 0.6) is 0 Å². The lowest BCUT2D eigenvalue weighted by molar-refractivity contribution is -0.140. The van der Waals surface area contributed by atoms with Gasteiger partial charge in [-0.1, -0.05) is 6.07 Å². The summed E-state index contributed by atoms with van der Waals surface area (Å²) in [7, 11) is 0. The second-order valence-electron chi connectivity index (χ2n) is 8.94. The van der Waals surface area contributed by atoms with Gasteiger partial charge in [0.15, 0.2) is 5.69 Å². The highest BCUT2D eigenvalue weighted by molar-refractivity contribution is 5.96. The van der Waals surface area contributed by atoms with E-state index in [1.54, 1.807) is 19.9 Å². The maximum atomic E-state index is 13.7. The van der Waals surface area contributed by atoms with Gasteiger partial charge in [-0.2, -0.15) is 13.2 Å². The van der Waals surface area contributed by atoms with E-state index in [0.29, 0.717) is 48.7 Å². The average Bonchev–Trinajstić information content (AvgIpc) is 3.31. The predicted molar refractivity (Wildman–Crippen MR) is 129 cm³/mol. The molecule has 1 saturated heterocycles. The lowest BCUT2D eigenvalue weighted by Crippen LogP contribution is -2.38. The molecule has 0 bridgehead atoms.